The zero-order valence-corrected chi connectivity index (χ0v) is 18.5. The van der Waals surface area contributed by atoms with Gasteiger partial charge in [-0.1, -0.05) is 0 Å². The predicted molar refractivity (Wildman–Crippen MR) is 129 cm³/mol. The average molecular weight is 438 g/mol. The van der Waals surface area contributed by atoms with Crippen LogP contribution in [0.4, 0.5) is 17.2 Å². The van der Waals surface area contributed by atoms with Gasteiger partial charge < -0.3 is 19.9 Å². The lowest BCUT2D eigenvalue weighted by molar-refractivity contribution is -0.114. The Balaban J connectivity index is 1.40. The quantitative estimate of drug-likeness (QED) is 0.386. The van der Waals surface area contributed by atoms with Crippen molar-refractivity contribution in [2.24, 2.45) is 7.05 Å². The highest BCUT2D eigenvalue weighted by Gasteiger charge is 2.09. The lowest BCUT2D eigenvalue weighted by Gasteiger charge is -2.13. The zero-order chi connectivity index (χ0) is 22.9. The largest absolute Gasteiger partial charge is 0.457 e. The molecule has 5 rings (SSSR count). The number of fused-ring (bicyclic) bond motifs is 2. The number of carbonyl (C=O) groups is 1. The van der Waals surface area contributed by atoms with Crippen molar-refractivity contribution < 1.29 is 9.53 Å². The molecule has 0 saturated carbocycles. The van der Waals surface area contributed by atoms with E-state index in [2.05, 4.69) is 25.6 Å². The number of aryl methyl sites for hydroxylation is 2. The third-order valence-electron chi connectivity index (χ3n) is 5.32. The molecule has 8 heteroatoms. The second kappa shape index (κ2) is 8.23. The molecular formula is C25H22N6O2. The summed E-state index contributed by atoms with van der Waals surface area (Å²) in [6.07, 6.45) is 3.30. The minimum Gasteiger partial charge on any atom is -0.457 e. The SMILES string of the molecule is CC(=O)Nc1ccc2ncnc(Nc3ccc(Oc4ccc5c(c4)ncn5C)c(C)c3)c2c1. The van der Waals surface area contributed by atoms with E-state index in [0.29, 0.717) is 11.5 Å². The van der Waals surface area contributed by atoms with Crippen molar-refractivity contribution in [1.82, 2.24) is 19.5 Å². The van der Waals surface area contributed by atoms with Crippen LogP contribution in [0.3, 0.4) is 0 Å². The van der Waals surface area contributed by atoms with Crippen LogP contribution in [0.15, 0.2) is 67.3 Å². The summed E-state index contributed by atoms with van der Waals surface area (Å²) in [4.78, 5) is 24.5. The summed E-state index contributed by atoms with van der Waals surface area (Å²) in [5.74, 6) is 2.02. The number of carbonyl (C=O) groups excluding carboxylic acids is 1. The number of benzene rings is 3. The lowest BCUT2D eigenvalue weighted by Crippen LogP contribution is -2.05. The van der Waals surface area contributed by atoms with E-state index in [1.54, 1.807) is 6.33 Å². The Morgan fingerprint density at radius 1 is 0.939 bits per heavy atom. The van der Waals surface area contributed by atoms with Gasteiger partial charge in [0.15, 0.2) is 0 Å². The van der Waals surface area contributed by atoms with Crippen LogP contribution in [0.5, 0.6) is 11.5 Å². The highest BCUT2D eigenvalue weighted by Crippen LogP contribution is 2.31. The molecule has 33 heavy (non-hydrogen) atoms. The number of rotatable bonds is 5. The molecule has 0 atom stereocenters. The molecule has 0 aliphatic carbocycles. The number of hydrogen-bond donors (Lipinski definition) is 2. The molecule has 1 amide bonds. The summed E-state index contributed by atoms with van der Waals surface area (Å²) in [6.45, 7) is 3.47. The molecule has 0 bridgehead atoms. The molecule has 8 nitrogen and oxygen atoms in total. The van der Waals surface area contributed by atoms with Crippen LogP contribution in [-0.2, 0) is 11.8 Å². The average Bonchev–Trinajstić information content (AvgIpc) is 3.16. The molecule has 164 valence electrons. The van der Waals surface area contributed by atoms with E-state index in [4.69, 9.17) is 4.74 Å². The Kier molecular flexibility index (Phi) is 5.10. The van der Waals surface area contributed by atoms with E-state index in [9.17, 15) is 4.79 Å². The number of anilines is 3. The summed E-state index contributed by atoms with van der Waals surface area (Å²) in [5.41, 5.74) is 5.25. The monoisotopic (exact) mass is 438 g/mol. The van der Waals surface area contributed by atoms with Gasteiger partial charge in [-0.2, -0.15) is 0 Å². The number of imidazole rings is 1. The van der Waals surface area contributed by atoms with Gasteiger partial charge in [0.05, 0.1) is 22.9 Å². The summed E-state index contributed by atoms with van der Waals surface area (Å²) in [5, 5.41) is 6.96. The molecule has 0 aliphatic rings. The first-order valence-electron chi connectivity index (χ1n) is 10.5. The lowest BCUT2D eigenvalue weighted by atomic mass is 10.1. The molecule has 0 saturated heterocycles. The normalized spacial score (nSPS) is 11.0. The molecule has 3 aromatic carbocycles. The van der Waals surface area contributed by atoms with Gasteiger partial charge in [0.1, 0.15) is 23.6 Å². The van der Waals surface area contributed by atoms with Gasteiger partial charge in [-0.3, -0.25) is 4.79 Å². The summed E-state index contributed by atoms with van der Waals surface area (Å²) >= 11 is 0. The highest BCUT2D eigenvalue weighted by molar-refractivity contribution is 5.96. The van der Waals surface area contributed by atoms with Crippen LogP contribution in [0.25, 0.3) is 21.9 Å². The maximum Gasteiger partial charge on any atom is 0.221 e. The standard InChI is InChI=1S/C25H22N6O2/c1-15-10-17(5-9-24(15)33-19-6-8-23-22(12-19)28-14-31(23)3)30-25-20-11-18(29-16(2)32)4-7-21(20)26-13-27-25/h4-14H,1-3H3,(H,29,32)(H,26,27,30). The fourth-order valence-corrected chi connectivity index (χ4v) is 3.72. The first-order chi connectivity index (χ1) is 16.0. The molecule has 0 aliphatic heterocycles. The fraction of sp³-hybridized carbons (Fsp3) is 0.120. The van der Waals surface area contributed by atoms with E-state index in [0.717, 1.165) is 44.7 Å². The van der Waals surface area contributed by atoms with Crippen molar-refractivity contribution in [1.29, 1.82) is 0 Å². The third kappa shape index (κ3) is 4.18. The summed E-state index contributed by atoms with van der Waals surface area (Å²) in [7, 11) is 1.97. The van der Waals surface area contributed by atoms with Gasteiger partial charge in [0, 0.05) is 36.8 Å². The first kappa shape index (κ1) is 20.4. The van der Waals surface area contributed by atoms with E-state index in [1.165, 1.54) is 13.3 Å². The Morgan fingerprint density at radius 3 is 2.61 bits per heavy atom. The van der Waals surface area contributed by atoms with E-state index >= 15 is 0 Å². The number of hydrogen-bond acceptors (Lipinski definition) is 6. The second-order valence-electron chi connectivity index (χ2n) is 7.85. The zero-order valence-electron chi connectivity index (χ0n) is 18.5. The highest BCUT2D eigenvalue weighted by atomic mass is 16.5. The first-order valence-corrected chi connectivity index (χ1v) is 10.5. The van der Waals surface area contributed by atoms with Crippen molar-refractivity contribution in [2.75, 3.05) is 10.6 Å². The Bertz CT molecular complexity index is 1510. The maximum absolute atomic E-state index is 11.4. The minimum atomic E-state index is -0.130. The molecule has 0 fully saturated rings. The van der Waals surface area contributed by atoms with Crippen LogP contribution in [-0.4, -0.2) is 25.4 Å². The predicted octanol–water partition coefficient (Wildman–Crippen LogP) is 5.32. The van der Waals surface area contributed by atoms with Crippen LogP contribution in [0.2, 0.25) is 0 Å². The molecule has 0 unspecified atom stereocenters. The van der Waals surface area contributed by atoms with Gasteiger partial charge >= 0.3 is 0 Å². The Hall–Kier alpha value is -4.46. The van der Waals surface area contributed by atoms with Crippen molar-refractivity contribution in [3.63, 3.8) is 0 Å². The summed E-state index contributed by atoms with van der Waals surface area (Å²) in [6, 6.07) is 17.3. The van der Waals surface area contributed by atoms with Gasteiger partial charge in [0.2, 0.25) is 5.91 Å². The van der Waals surface area contributed by atoms with Gasteiger partial charge in [-0.15, -0.1) is 0 Å². The summed E-state index contributed by atoms with van der Waals surface area (Å²) < 4.78 is 8.08. The van der Waals surface area contributed by atoms with E-state index < -0.39 is 0 Å². The van der Waals surface area contributed by atoms with Crippen molar-refractivity contribution in [3.8, 4) is 11.5 Å². The smallest absolute Gasteiger partial charge is 0.221 e. The Morgan fingerprint density at radius 2 is 1.79 bits per heavy atom. The van der Waals surface area contributed by atoms with Crippen LogP contribution < -0.4 is 15.4 Å². The molecular weight excluding hydrogens is 416 g/mol. The number of nitrogens with zero attached hydrogens (tertiary/aromatic N) is 4. The third-order valence-corrected chi connectivity index (χ3v) is 5.32. The van der Waals surface area contributed by atoms with Gasteiger partial charge in [-0.25, -0.2) is 15.0 Å². The molecule has 2 N–H and O–H groups in total. The topological polar surface area (TPSA) is 94.0 Å². The van der Waals surface area contributed by atoms with Crippen LogP contribution in [0, 0.1) is 6.92 Å². The maximum atomic E-state index is 11.4. The number of nitrogens with one attached hydrogen (secondary N) is 2. The number of aromatic nitrogens is 4. The van der Waals surface area contributed by atoms with E-state index in [-0.39, 0.29) is 5.91 Å². The number of ether oxygens (including phenoxy) is 1. The molecule has 2 aromatic heterocycles. The fourth-order valence-electron chi connectivity index (χ4n) is 3.72. The molecule has 2 heterocycles. The van der Waals surface area contributed by atoms with Gasteiger partial charge in [0.25, 0.3) is 0 Å². The van der Waals surface area contributed by atoms with Crippen molar-refractivity contribution >= 4 is 45.0 Å². The van der Waals surface area contributed by atoms with E-state index in [1.807, 2.05) is 73.1 Å². The van der Waals surface area contributed by atoms with Gasteiger partial charge in [-0.05, 0) is 61.0 Å². The van der Waals surface area contributed by atoms with Crippen LogP contribution >= 0.6 is 0 Å². The minimum absolute atomic E-state index is 0.130. The second-order valence-corrected chi connectivity index (χ2v) is 7.85. The molecule has 0 spiro atoms. The van der Waals surface area contributed by atoms with Crippen LogP contribution in [0.1, 0.15) is 12.5 Å². The Labute approximate surface area is 190 Å². The van der Waals surface area contributed by atoms with Crippen molar-refractivity contribution in [3.05, 3.63) is 72.8 Å². The molecule has 5 aromatic rings. The number of amides is 1. The molecule has 0 radical (unpaired) electrons. The van der Waals surface area contributed by atoms with Crippen molar-refractivity contribution in [2.45, 2.75) is 13.8 Å².